The number of piperidine rings is 1. The SMILES string of the molecule is CC1([C@H]2CCCN(C(=O)NC[C@@H]3CC=CCC3)C2)OCCO1. The van der Waals surface area contributed by atoms with Crippen molar-refractivity contribution in [2.45, 2.75) is 44.8 Å². The molecule has 1 aliphatic carbocycles. The van der Waals surface area contributed by atoms with Gasteiger partial charge in [0.1, 0.15) is 0 Å². The van der Waals surface area contributed by atoms with Gasteiger partial charge in [-0.25, -0.2) is 4.79 Å². The van der Waals surface area contributed by atoms with Crippen LogP contribution in [-0.4, -0.2) is 49.6 Å². The van der Waals surface area contributed by atoms with E-state index in [1.165, 1.54) is 6.42 Å². The van der Waals surface area contributed by atoms with E-state index in [1.807, 2.05) is 11.8 Å². The fourth-order valence-electron chi connectivity index (χ4n) is 3.74. The molecular weight excluding hydrogens is 280 g/mol. The van der Waals surface area contributed by atoms with Crippen molar-refractivity contribution in [2.24, 2.45) is 11.8 Å². The number of nitrogens with zero attached hydrogens (tertiary/aromatic N) is 1. The summed E-state index contributed by atoms with van der Waals surface area (Å²) < 4.78 is 11.5. The molecule has 1 N–H and O–H groups in total. The first kappa shape index (κ1) is 15.8. The molecule has 124 valence electrons. The molecule has 0 aromatic heterocycles. The van der Waals surface area contributed by atoms with Crippen LogP contribution in [0.15, 0.2) is 12.2 Å². The maximum absolute atomic E-state index is 12.4. The Labute approximate surface area is 133 Å². The summed E-state index contributed by atoms with van der Waals surface area (Å²) in [5.74, 6) is 0.355. The smallest absolute Gasteiger partial charge is 0.317 e. The van der Waals surface area contributed by atoms with Crippen molar-refractivity contribution in [1.82, 2.24) is 10.2 Å². The summed E-state index contributed by atoms with van der Waals surface area (Å²) in [5.41, 5.74) is 0. The summed E-state index contributed by atoms with van der Waals surface area (Å²) >= 11 is 0. The van der Waals surface area contributed by atoms with E-state index in [0.717, 1.165) is 45.3 Å². The lowest BCUT2D eigenvalue weighted by atomic mass is 9.90. The van der Waals surface area contributed by atoms with Crippen molar-refractivity contribution >= 4 is 6.03 Å². The van der Waals surface area contributed by atoms with Gasteiger partial charge >= 0.3 is 6.03 Å². The average Bonchev–Trinajstić information content (AvgIpc) is 3.02. The molecule has 0 aromatic rings. The predicted octanol–water partition coefficient (Wildman–Crippen LogP) is 2.53. The number of carbonyl (C=O) groups is 1. The summed E-state index contributed by atoms with van der Waals surface area (Å²) in [4.78, 5) is 14.4. The van der Waals surface area contributed by atoms with Crippen molar-refractivity contribution in [3.8, 4) is 0 Å². The van der Waals surface area contributed by atoms with Crippen LogP contribution in [-0.2, 0) is 9.47 Å². The van der Waals surface area contributed by atoms with Gasteiger partial charge in [-0.05, 0) is 44.9 Å². The van der Waals surface area contributed by atoms with E-state index in [9.17, 15) is 4.79 Å². The van der Waals surface area contributed by atoms with Gasteiger partial charge in [0.25, 0.3) is 0 Å². The van der Waals surface area contributed by atoms with Gasteiger partial charge in [0.05, 0.1) is 13.2 Å². The normalized spacial score (nSPS) is 31.2. The molecule has 2 aliphatic heterocycles. The number of hydrogen-bond donors (Lipinski definition) is 1. The van der Waals surface area contributed by atoms with E-state index in [4.69, 9.17) is 9.47 Å². The topological polar surface area (TPSA) is 50.8 Å². The van der Waals surface area contributed by atoms with E-state index in [1.54, 1.807) is 0 Å². The predicted molar refractivity (Wildman–Crippen MR) is 84.5 cm³/mol. The number of allylic oxidation sites excluding steroid dienone is 2. The van der Waals surface area contributed by atoms with Crippen LogP contribution in [0.3, 0.4) is 0 Å². The molecule has 0 saturated carbocycles. The number of likely N-dealkylation sites (tertiary alicyclic amines) is 1. The minimum atomic E-state index is -0.507. The monoisotopic (exact) mass is 308 g/mol. The van der Waals surface area contributed by atoms with E-state index in [-0.39, 0.29) is 11.9 Å². The van der Waals surface area contributed by atoms with Crippen LogP contribution in [0.4, 0.5) is 4.79 Å². The van der Waals surface area contributed by atoms with Crippen LogP contribution in [0.1, 0.15) is 39.0 Å². The maximum atomic E-state index is 12.4. The van der Waals surface area contributed by atoms with Crippen LogP contribution in [0, 0.1) is 11.8 Å². The Morgan fingerprint density at radius 3 is 2.86 bits per heavy atom. The molecule has 2 saturated heterocycles. The molecule has 0 bridgehead atoms. The van der Waals surface area contributed by atoms with E-state index in [0.29, 0.717) is 19.1 Å². The second kappa shape index (κ2) is 7.01. The Balaban J connectivity index is 1.48. The Morgan fingerprint density at radius 2 is 2.14 bits per heavy atom. The minimum absolute atomic E-state index is 0.0702. The van der Waals surface area contributed by atoms with Gasteiger partial charge in [-0.3, -0.25) is 0 Å². The zero-order chi connectivity index (χ0) is 15.4. The van der Waals surface area contributed by atoms with Gasteiger partial charge in [-0.15, -0.1) is 0 Å². The molecular formula is C17H28N2O3. The standard InChI is InChI=1S/C17H28N2O3/c1-17(21-10-11-22-17)15-8-5-9-19(13-15)16(20)18-12-14-6-3-2-4-7-14/h2-3,14-15H,4-13H2,1H3,(H,18,20)/t14-,15+/m1/s1. The molecule has 22 heavy (non-hydrogen) atoms. The van der Waals surface area contributed by atoms with E-state index < -0.39 is 5.79 Å². The first-order valence-electron chi connectivity index (χ1n) is 8.63. The lowest BCUT2D eigenvalue weighted by Crippen LogP contribution is -2.51. The molecule has 3 aliphatic rings. The van der Waals surface area contributed by atoms with Crippen molar-refractivity contribution < 1.29 is 14.3 Å². The number of amides is 2. The Hall–Kier alpha value is -1.07. The highest BCUT2D eigenvalue weighted by atomic mass is 16.7. The van der Waals surface area contributed by atoms with E-state index >= 15 is 0 Å². The highest BCUT2D eigenvalue weighted by Crippen LogP contribution is 2.34. The molecule has 2 fully saturated rings. The molecule has 3 rings (SSSR count). The van der Waals surface area contributed by atoms with Crippen LogP contribution in [0.25, 0.3) is 0 Å². The first-order chi connectivity index (χ1) is 10.7. The summed E-state index contributed by atoms with van der Waals surface area (Å²) in [6.45, 7) is 5.69. The Morgan fingerprint density at radius 1 is 1.32 bits per heavy atom. The third-order valence-corrected chi connectivity index (χ3v) is 5.23. The van der Waals surface area contributed by atoms with Crippen molar-refractivity contribution in [3.63, 3.8) is 0 Å². The molecule has 2 atom stereocenters. The fourth-order valence-corrected chi connectivity index (χ4v) is 3.74. The molecule has 5 heteroatoms. The maximum Gasteiger partial charge on any atom is 0.317 e. The Kier molecular flexibility index (Phi) is 5.03. The Bertz CT molecular complexity index is 418. The number of carbonyl (C=O) groups excluding carboxylic acids is 1. The largest absolute Gasteiger partial charge is 0.347 e. The molecule has 5 nitrogen and oxygen atoms in total. The van der Waals surface area contributed by atoms with Gasteiger partial charge in [-0.2, -0.15) is 0 Å². The quantitative estimate of drug-likeness (QED) is 0.815. The summed E-state index contributed by atoms with van der Waals surface area (Å²) in [7, 11) is 0. The van der Waals surface area contributed by atoms with Gasteiger partial charge in [-0.1, -0.05) is 12.2 Å². The average molecular weight is 308 g/mol. The van der Waals surface area contributed by atoms with Crippen LogP contribution in [0.5, 0.6) is 0 Å². The van der Waals surface area contributed by atoms with Gasteiger partial charge in [0.15, 0.2) is 5.79 Å². The van der Waals surface area contributed by atoms with Gasteiger partial charge in [0.2, 0.25) is 0 Å². The second-order valence-electron chi connectivity index (χ2n) is 6.83. The fraction of sp³-hybridized carbons (Fsp3) is 0.824. The highest BCUT2D eigenvalue weighted by molar-refractivity contribution is 5.74. The highest BCUT2D eigenvalue weighted by Gasteiger charge is 2.42. The third kappa shape index (κ3) is 3.63. The summed E-state index contributed by atoms with van der Waals surface area (Å²) in [6, 6.07) is 0.0702. The molecule has 2 heterocycles. The van der Waals surface area contributed by atoms with Crippen molar-refractivity contribution in [2.75, 3.05) is 32.8 Å². The van der Waals surface area contributed by atoms with Crippen LogP contribution in [0.2, 0.25) is 0 Å². The molecule has 0 spiro atoms. The number of rotatable bonds is 3. The molecule has 0 radical (unpaired) electrons. The number of nitrogens with one attached hydrogen (secondary N) is 1. The minimum Gasteiger partial charge on any atom is -0.347 e. The third-order valence-electron chi connectivity index (χ3n) is 5.23. The first-order valence-corrected chi connectivity index (χ1v) is 8.63. The number of ether oxygens (including phenoxy) is 2. The van der Waals surface area contributed by atoms with Crippen molar-refractivity contribution in [3.05, 3.63) is 12.2 Å². The molecule has 2 amide bonds. The van der Waals surface area contributed by atoms with Gasteiger partial charge < -0.3 is 19.7 Å². The summed E-state index contributed by atoms with van der Waals surface area (Å²) in [5, 5.41) is 3.12. The second-order valence-corrected chi connectivity index (χ2v) is 6.83. The lowest BCUT2D eigenvalue weighted by Gasteiger charge is -2.40. The number of hydrogen-bond acceptors (Lipinski definition) is 3. The number of urea groups is 1. The van der Waals surface area contributed by atoms with Crippen LogP contribution >= 0.6 is 0 Å². The van der Waals surface area contributed by atoms with Crippen LogP contribution < -0.4 is 5.32 Å². The summed E-state index contributed by atoms with van der Waals surface area (Å²) in [6.07, 6.45) is 9.95. The van der Waals surface area contributed by atoms with E-state index in [2.05, 4.69) is 17.5 Å². The zero-order valence-electron chi connectivity index (χ0n) is 13.6. The zero-order valence-corrected chi connectivity index (χ0v) is 13.6. The molecule has 0 unspecified atom stereocenters. The molecule has 0 aromatic carbocycles. The van der Waals surface area contributed by atoms with Crippen molar-refractivity contribution in [1.29, 1.82) is 0 Å². The van der Waals surface area contributed by atoms with Gasteiger partial charge in [0, 0.05) is 25.6 Å². The lowest BCUT2D eigenvalue weighted by molar-refractivity contribution is -0.189.